The lowest BCUT2D eigenvalue weighted by atomic mass is 10.1. The average molecular weight is 474 g/mol. The average Bonchev–Trinajstić information content (AvgIpc) is 2.79. The Hall–Kier alpha value is -3.24. The molecule has 1 aliphatic rings. The molecule has 3 N–H and O–H groups in total. The van der Waals surface area contributed by atoms with Gasteiger partial charge in [0.1, 0.15) is 6.04 Å². The zero-order valence-corrected chi connectivity index (χ0v) is 19.3. The van der Waals surface area contributed by atoms with E-state index in [2.05, 4.69) is 5.32 Å². The van der Waals surface area contributed by atoms with Gasteiger partial charge in [0.05, 0.1) is 4.90 Å². The van der Waals surface area contributed by atoms with Crippen LogP contribution >= 0.6 is 0 Å². The van der Waals surface area contributed by atoms with Crippen molar-refractivity contribution in [3.8, 4) is 0 Å². The van der Waals surface area contributed by atoms with Crippen LogP contribution in [-0.4, -0.2) is 49.2 Å². The summed E-state index contributed by atoms with van der Waals surface area (Å²) >= 11 is 0. The second-order valence-electron chi connectivity index (χ2n) is 7.95. The quantitative estimate of drug-likeness (QED) is 0.592. The Bertz CT molecular complexity index is 1130. The monoisotopic (exact) mass is 473 g/mol. The molecule has 2 aromatic rings. The highest BCUT2D eigenvalue weighted by molar-refractivity contribution is 7.89. The molecule has 1 aliphatic heterocycles. The van der Waals surface area contributed by atoms with E-state index in [9.17, 15) is 22.8 Å². The highest BCUT2D eigenvalue weighted by Gasteiger charge is 2.39. The topological polar surface area (TPSA) is 136 Å². The molecule has 0 bridgehead atoms. The van der Waals surface area contributed by atoms with Gasteiger partial charge in [-0.25, -0.2) is 8.42 Å². The second-order valence-corrected chi connectivity index (χ2v) is 9.84. The Morgan fingerprint density at radius 3 is 2.30 bits per heavy atom. The number of amides is 2. The van der Waals surface area contributed by atoms with Gasteiger partial charge in [-0.3, -0.25) is 14.4 Å². The molecule has 9 nitrogen and oxygen atoms in total. The highest BCUT2D eigenvalue weighted by Crippen LogP contribution is 2.26. The number of aryl methyl sites for hydroxylation is 1. The van der Waals surface area contributed by atoms with Gasteiger partial charge in [0.2, 0.25) is 15.9 Å². The van der Waals surface area contributed by atoms with Crippen molar-refractivity contribution in [2.45, 2.75) is 50.2 Å². The predicted molar refractivity (Wildman–Crippen MR) is 122 cm³/mol. The lowest BCUT2D eigenvalue weighted by molar-refractivity contribution is -0.157. The van der Waals surface area contributed by atoms with Crippen LogP contribution in [0.3, 0.4) is 0 Å². The molecular weight excluding hydrogens is 446 g/mol. The molecule has 0 spiro atoms. The van der Waals surface area contributed by atoms with E-state index in [0.717, 1.165) is 9.87 Å². The fraction of sp³-hybridized carbons (Fsp3) is 0.348. The van der Waals surface area contributed by atoms with Crippen molar-refractivity contribution in [2.24, 2.45) is 5.73 Å². The van der Waals surface area contributed by atoms with Crippen LogP contribution < -0.4 is 11.1 Å². The van der Waals surface area contributed by atoms with Crippen molar-refractivity contribution in [3.05, 3.63) is 59.7 Å². The van der Waals surface area contributed by atoms with E-state index in [4.69, 9.17) is 10.5 Å². The van der Waals surface area contributed by atoms with Crippen LogP contribution in [-0.2, 0) is 24.3 Å². The fourth-order valence-corrected chi connectivity index (χ4v) is 5.19. The van der Waals surface area contributed by atoms with Gasteiger partial charge in [0, 0.05) is 17.8 Å². The second kappa shape index (κ2) is 10.1. The van der Waals surface area contributed by atoms with Crippen LogP contribution in [0.4, 0.5) is 5.69 Å². The summed E-state index contributed by atoms with van der Waals surface area (Å²) in [5, 5.41) is 2.59. The Labute approximate surface area is 193 Å². The molecule has 10 heteroatoms. The van der Waals surface area contributed by atoms with E-state index in [1.165, 1.54) is 43.3 Å². The summed E-state index contributed by atoms with van der Waals surface area (Å²) in [6.07, 6.45) is 0.463. The number of piperidine rings is 1. The maximum atomic E-state index is 13.2. The predicted octanol–water partition coefficient (Wildman–Crippen LogP) is 2.21. The van der Waals surface area contributed by atoms with Crippen LogP contribution in [0.25, 0.3) is 0 Å². The van der Waals surface area contributed by atoms with E-state index in [1.807, 2.05) is 6.92 Å². The molecule has 0 radical (unpaired) electrons. The molecule has 1 heterocycles. The first-order valence-electron chi connectivity index (χ1n) is 10.6. The van der Waals surface area contributed by atoms with Crippen LogP contribution in [0.15, 0.2) is 53.4 Å². The molecule has 1 saturated heterocycles. The summed E-state index contributed by atoms with van der Waals surface area (Å²) < 4.78 is 32.8. The van der Waals surface area contributed by atoms with Crippen molar-refractivity contribution in [3.63, 3.8) is 0 Å². The van der Waals surface area contributed by atoms with Crippen molar-refractivity contribution in [1.29, 1.82) is 0 Å². The number of benzene rings is 2. The van der Waals surface area contributed by atoms with Crippen molar-refractivity contribution in [2.75, 3.05) is 11.9 Å². The van der Waals surface area contributed by atoms with E-state index in [0.29, 0.717) is 30.5 Å². The van der Waals surface area contributed by atoms with Gasteiger partial charge in [-0.05, 0) is 69.5 Å². The molecule has 3 rings (SSSR count). The molecule has 176 valence electrons. The Morgan fingerprint density at radius 2 is 1.70 bits per heavy atom. The number of rotatable bonds is 7. The molecule has 0 aliphatic carbocycles. The highest BCUT2D eigenvalue weighted by atomic mass is 32.2. The SMILES string of the molecule is Cc1ccc(S(=O)(=O)N2CCCCC2C(=O)OC(C)C(=O)Nc2ccc(C(N)=O)cc2)cc1. The Kier molecular flexibility index (Phi) is 7.50. The Morgan fingerprint density at radius 1 is 1.06 bits per heavy atom. The van der Waals surface area contributed by atoms with Crippen LogP contribution in [0.2, 0.25) is 0 Å². The number of sulfonamides is 1. The zero-order valence-electron chi connectivity index (χ0n) is 18.5. The third-order valence-electron chi connectivity index (χ3n) is 5.45. The van der Waals surface area contributed by atoms with Crippen molar-refractivity contribution in [1.82, 2.24) is 4.31 Å². The van der Waals surface area contributed by atoms with E-state index in [1.54, 1.807) is 12.1 Å². The van der Waals surface area contributed by atoms with Crippen molar-refractivity contribution >= 4 is 33.5 Å². The third kappa shape index (κ3) is 5.77. The molecule has 0 aromatic heterocycles. The molecule has 1 fully saturated rings. The molecule has 2 atom stereocenters. The maximum absolute atomic E-state index is 13.2. The number of ether oxygens (including phenoxy) is 1. The summed E-state index contributed by atoms with van der Waals surface area (Å²) in [6, 6.07) is 11.4. The minimum Gasteiger partial charge on any atom is -0.451 e. The number of nitrogens with two attached hydrogens (primary N) is 1. The summed E-state index contributed by atoms with van der Waals surface area (Å²) in [6.45, 7) is 3.46. The number of carbonyl (C=O) groups is 3. The number of hydrogen-bond acceptors (Lipinski definition) is 6. The summed E-state index contributed by atoms with van der Waals surface area (Å²) in [4.78, 5) is 36.6. The zero-order chi connectivity index (χ0) is 24.2. The number of carbonyl (C=O) groups excluding carboxylic acids is 3. The largest absolute Gasteiger partial charge is 0.451 e. The van der Waals surface area contributed by atoms with E-state index in [-0.39, 0.29) is 11.4 Å². The van der Waals surface area contributed by atoms with Crippen LogP contribution in [0.5, 0.6) is 0 Å². The summed E-state index contributed by atoms with van der Waals surface area (Å²) in [5.41, 5.74) is 6.81. The first-order chi connectivity index (χ1) is 15.6. The van der Waals surface area contributed by atoms with Gasteiger partial charge in [-0.2, -0.15) is 4.31 Å². The van der Waals surface area contributed by atoms with Gasteiger partial charge in [0.15, 0.2) is 6.10 Å². The Balaban J connectivity index is 1.68. The molecule has 2 unspecified atom stereocenters. The lowest BCUT2D eigenvalue weighted by Crippen LogP contribution is -2.49. The molecule has 0 saturated carbocycles. The number of nitrogens with one attached hydrogen (secondary N) is 1. The van der Waals surface area contributed by atoms with Crippen LogP contribution in [0.1, 0.15) is 42.1 Å². The van der Waals surface area contributed by atoms with Gasteiger partial charge in [-0.1, -0.05) is 17.7 Å². The van der Waals surface area contributed by atoms with Gasteiger partial charge in [-0.15, -0.1) is 0 Å². The first-order valence-corrected chi connectivity index (χ1v) is 12.0. The first kappa shape index (κ1) is 24.4. The normalized spacial score (nSPS) is 17.7. The fourth-order valence-electron chi connectivity index (χ4n) is 3.54. The number of hydrogen-bond donors (Lipinski definition) is 2. The van der Waals surface area contributed by atoms with Gasteiger partial charge in [0.25, 0.3) is 5.91 Å². The summed E-state index contributed by atoms with van der Waals surface area (Å²) in [5.74, 6) is -1.94. The van der Waals surface area contributed by atoms with E-state index >= 15 is 0 Å². The molecular formula is C23H27N3O6S. The number of esters is 1. The lowest BCUT2D eigenvalue weighted by Gasteiger charge is -2.33. The standard InChI is InChI=1S/C23H27N3O6S/c1-15-6-12-19(13-7-15)33(30,31)26-14-4-3-5-20(26)23(29)32-16(2)22(28)25-18-10-8-17(9-11-18)21(24)27/h6-13,16,20H,3-5,14H2,1-2H3,(H2,24,27)(H,25,28). The summed E-state index contributed by atoms with van der Waals surface area (Å²) in [7, 11) is -3.89. The van der Waals surface area contributed by atoms with Crippen molar-refractivity contribution < 1.29 is 27.5 Å². The number of anilines is 1. The van der Waals surface area contributed by atoms with Gasteiger partial charge < -0.3 is 15.8 Å². The van der Waals surface area contributed by atoms with Gasteiger partial charge >= 0.3 is 5.97 Å². The maximum Gasteiger partial charge on any atom is 0.325 e. The van der Waals surface area contributed by atoms with Crippen LogP contribution in [0, 0.1) is 6.92 Å². The molecule has 33 heavy (non-hydrogen) atoms. The van der Waals surface area contributed by atoms with E-state index < -0.39 is 40.0 Å². The molecule has 2 amide bonds. The smallest absolute Gasteiger partial charge is 0.325 e. The minimum absolute atomic E-state index is 0.109. The third-order valence-corrected chi connectivity index (χ3v) is 7.37. The number of primary amides is 1. The minimum atomic E-state index is -3.89. The number of nitrogens with zero attached hydrogens (tertiary/aromatic N) is 1. The molecule has 2 aromatic carbocycles.